The van der Waals surface area contributed by atoms with Crippen LogP contribution in [0.1, 0.15) is 11.1 Å². The molecule has 13 heavy (non-hydrogen) atoms. The standard InChI is InChI=1S/C9H13N3O/c1-6-3-4-8(13-2)7(5-6)9(10)12-11/h3-5H,11H2,1-2H3,(H2,10,12). The largest absolute Gasteiger partial charge is 0.496 e. The number of hydrogen-bond acceptors (Lipinski definition) is 3. The van der Waals surface area contributed by atoms with Crippen LogP contribution in [0.4, 0.5) is 0 Å². The second-order valence-corrected chi connectivity index (χ2v) is 2.72. The van der Waals surface area contributed by atoms with Crippen LogP contribution in [-0.4, -0.2) is 12.9 Å². The molecule has 4 heteroatoms. The Hall–Kier alpha value is -1.71. The van der Waals surface area contributed by atoms with Gasteiger partial charge in [0, 0.05) is 0 Å². The van der Waals surface area contributed by atoms with Gasteiger partial charge in [-0.2, -0.15) is 5.10 Å². The first-order chi connectivity index (χ1) is 6.19. The summed E-state index contributed by atoms with van der Waals surface area (Å²) in [5, 5.41) is 3.42. The summed E-state index contributed by atoms with van der Waals surface area (Å²) < 4.78 is 5.11. The van der Waals surface area contributed by atoms with E-state index in [1.54, 1.807) is 7.11 Å². The molecule has 4 nitrogen and oxygen atoms in total. The van der Waals surface area contributed by atoms with Crippen LogP contribution in [-0.2, 0) is 0 Å². The van der Waals surface area contributed by atoms with E-state index in [1.165, 1.54) is 0 Å². The Morgan fingerprint density at radius 2 is 2.15 bits per heavy atom. The van der Waals surface area contributed by atoms with E-state index >= 15 is 0 Å². The van der Waals surface area contributed by atoms with Crippen LogP contribution in [0.2, 0.25) is 0 Å². The van der Waals surface area contributed by atoms with Crippen molar-refractivity contribution in [2.24, 2.45) is 16.7 Å². The number of hydrogen-bond donors (Lipinski definition) is 2. The summed E-state index contributed by atoms with van der Waals surface area (Å²) in [5.74, 6) is 6.04. The van der Waals surface area contributed by atoms with Crippen molar-refractivity contribution in [1.29, 1.82) is 0 Å². The van der Waals surface area contributed by atoms with E-state index in [0.717, 1.165) is 11.1 Å². The zero-order valence-corrected chi connectivity index (χ0v) is 7.74. The fourth-order valence-electron chi connectivity index (χ4n) is 1.09. The van der Waals surface area contributed by atoms with E-state index in [1.807, 2.05) is 25.1 Å². The van der Waals surface area contributed by atoms with Crippen molar-refractivity contribution in [3.8, 4) is 5.75 Å². The maximum Gasteiger partial charge on any atom is 0.154 e. The summed E-state index contributed by atoms with van der Waals surface area (Å²) in [5.41, 5.74) is 7.40. The van der Waals surface area contributed by atoms with Gasteiger partial charge < -0.3 is 16.3 Å². The number of benzene rings is 1. The Kier molecular flexibility index (Phi) is 2.74. The third kappa shape index (κ3) is 1.90. The minimum atomic E-state index is 0.278. The van der Waals surface area contributed by atoms with Gasteiger partial charge in [0.05, 0.1) is 12.7 Å². The minimum Gasteiger partial charge on any atom is -0.496 e. The number of nitrogens with two attached hydrogens (primary N) is 2. The third-order valence-corrected chi connectivity index (χ3v) is 1.77. The normalized spacial score (nSPS) is 11.4. The molecule has 0 unspecified atom stereocenters. The summed E-state index contributed by atoms with van der Waals surface area (Å²) in [6, 6.07) is 5.65. The first-order valence-corrected chi connectivity index (χ1v) is 3.87. The molecule has 4 N–H and O–H groups in total. The van der Waals surface area contributed by atoms with Crippen molar-refractivity contribution >= 4 is 5.84 Å². The zero-order valence-electron chi connectivity index (χ0n) is 7.74. The molecule has 0 saturated carbocycles. The molecule has 0 aliphatic heterocycles. The molecular formula is C9H13N3O. The molecular weight excluding hydrogens is 166 g/mol. The average Bonchev–Trinajstić information content (AvgIpc) is 2.16. The average molecular weight is 179 g/mol. The Bertz CT molecular complexity index is 334. The molecule has 0 atom stereocenters. The van der Waals surface area contributed by atoms with Crippen molar-refractivity contribution < 1.29 is 4.74 Å². The van der Waals surface area contributed by atoms with Gasteiger partial charge in [-0.05, 0) is 19.1 Å². The van der Waals surface area contributed by atoms with Crippen molar-refractivity contribution in [3.63, 3.8) is 0 Å². The van der Waals surface area contributed by atoms with E-state index in [9.17, 15) is 0 Å². The minimum absolute atomic E-state index is 0.278. The molecule has 0 fully saturated rings. The molecule has 0 aromatic heterocycles. The van der Waals surface area contributed by atoms with Crippen LogP contribution in [0, 0.1) is 6.92 Å². The molecule has 0 aliphatic rings. The Balaban J connectivity index is 3.23. The van der Waals surface area contributed by atoms with Crippen LogP contribution in [0.15, 0.2) is 23.3 Å². The quantitative estimate of drug-likeness (QED) is 0.302. The summed E-state index contributed by atoms with van der Waals surface area (Å²) in [6.07, 6.45) is 0. The summed E-state index contributed by atoms with van der Waals surface area (Å²) in [4.78, 5) is 0. The van der Waals surface area contributed by atoms with E-state index < -0.39 is 0 Å². The number of hydrazone groups is 1. The molecule has 0 radical (unpaired) electrons. The van der Waals surface area contributed by atoms with Crippen molar-refractivity contribution in [3.05, 3.63) is 29.3 Å². The van der Waals surface area contributed by atoms with Crippen LogP contribution in [0.3, 0.4) is 0 Å². The van der Waals surface area contributed by atoms with Gasteiger partial charge in [0.2, 0.25) is 0 Å². The number of nitrogens with zero attached hydrogens (tertiary/aromatic N) is 1. The lowest BCUT2D eigenvalue weighted by atomic mass is 10.1. The summed E-state index contributed by atoms with van der Waals surface area (Å²) in [6.45, 7) is 1.97. The topological polar surface area (TPSA) is 73.6 Å². The van der Waals surface area contributed by atoms with E-state index in [-0.39, 0.29) is 5.84 Å². The first kappa shape index (κ1) is 9.38. The lowest BCUT2D eigenvalue weighted by Gasteiger charge is -2.07. The molecule has 0 aliphatic carbocycles. The molecule has 0 saturated heterocycles. The summed E-state index contributed by atoms with van der Waals surface area (Å²) >= 11 is 0. The summed E-state index contributed by atoms with van der Waals surface area (Å²) in [7, 11) is 1.58. The lowest BCUT2D eigenvalue weighted by Crippen LogP contribution is -2.16. The Labute approximate surface area is 77.2 Å². The van der Waals surface area contributed by atoms with Gasteiger partial charge in [-0.25, -0.2) is 0 Å². The van der Waals surface area contributed by atoms with Crippen molar-refractivity contribution in [2.75, 3.05) is 7.11 Å². The van der Waals surface area contributed by atoms with Crippen LogP contribution >= 0.6 is 0 Å². The van der Waals surface area contributed by atoms with Gasteiger partial charge in [0.15, 0.2) is 5.84 Å². The van der Waals surface area contributed by atoms with Gasteiger partial charge in [0.25, 0.3) is 0 Å². The van der Waals surface area contributed by atoms with Crippen LogP contribution in [0.25, 0.3) is 0 Å². The van der Waals surface area contributed by atoms with Gasteiger partial charge in [-0.15, -0.1) is 0 Å². The highest BCUT2D eigenvalue weighted by Crippen LogP contribution is 2.18. The Morgan fingerprint density at radius 1 is 1.46 bits per heavy atom. The van der Waals surface area contributed by atoms with E-state index in [2.05, 4.69) is 5.10 Å². The molecule has 70 valence electrons. The third-order valence-electron chi connectivity index (χ3n) is 1.77. The molecule has 0 heterocycles. The Morgan fingerprint density at radius 3 is 2.69 bits per heavy atom. The lowest BCUT2D eigenvalue weighted by molar-refractivity contribution is 0.414. The van der Waals surface area contributed by atoms with E-state index in [0.29, 0.717) is 5.75 Å². The highest BCUT2D eigenvalue weighted by molar-refractivity contribution is 5.99. The maximum absolute atomic E-state index is 5.58. The molecule has 1 rings (SSSR count). The van der Waals surface area contributed by atoms with Crippen molar-refractivity contribution in [2.45, 2.75) is 6.92 Å². The van der Waals surface area contributed by atoms with Crippen LogP contribution < -0.4 is 16.3 Å². The van der Waals surface area contributed by atoms with Gasteiger partial charge in [-0.3, -0.25) is 0 Å². The fraction of sp³-hybridized carbons (Fsp3) is 0.222. The van der Waals surface area contributed by atoms with Gasteiger partial charge in [-0.1, -0.05) is 11.6 Å². The molecule has 0 amide bonds. The van der Waals surface area contributed by atoms with Crippen molar-refractivity contribution in [1.82, 2.24) is 0 Å². The number of aryl methyl sites for hydroxylation is 1. The predicted molar refractivity (Wildman–Crippen MR) is 52.6 cm³/mol. The molecule has 0 spiro atoms. The molecule has 1 aromatic rings. The van der Waals surface area contributed by atoms with E-state index in [4.69, 9.17) is 16.3 Å². The SMILES string of the molecule is COc1ccc(C)cc1C(N)=NN. The second kappa shape index (κ2) is 3.80. The number of ether oxygens (including phenoxy) is 1. The second-order valence-electron chi connectivity index (χ2n) is 2.72. The maximum atomic E-state index is 5.58. The zero-order chi connectivity index (χ0) is 9.84. The molecule has 1 aromatic carbocycles. The molecule has 0 bridgehead atoms. The highest BCUT2D eigenvalue weighted by atomic mass is 16.5. The monoisotopic (exact) mass is 179 g/mol. The van der Waals surface area contributed by atoms with Gasteiger partial charge in [0.1, 0.15) is 5.75 Å². The number of methoxy groups -OCH3 is 1. The number of amidine groups is 1. The van der Waals surface area contributed by atoms with Gasteiger partial charge >= 0.3 is 0 Å². The number of rotatable bonds is 2. The van der Waals surface area contributed by atoms with Crippen LogP contribution in [0.5, 0.6) is 5.75 Å². The highest BCUT2D eigenvalue weighted by Gasteiger charge is 2.06. The smallest absolute Gasteiger partial charge is 0.154 e. The predicted octanol–water partition coefficient (Wildman–Crippen LogP) is 0.583. The fourth-order valence-corrected chi connectivity index (χ4v) is 1.09. The first-order valence-electron chi connectivity index (χ1n) is 3.87.